The summed E-state index contributed by atoms with van der Waals surface area (Å²) in [5.74, 6) is -0.198. The highest BCUT2D eigenvalue weighted by atomic mass is 32.1. The zero-order valence-electron chi connectivity index (χ0n) is 9.30. The van der Waals surface area contributed by atoms with E-state index in [0.29, 0.717) is 22.9 Å². The average molecular weight is 248 g/mol. The molecule has 0 spiro atoms. The molecule has 88 valence electrons. The first-order valence-corrected chi connectivity index (χ1v) is 5.95. The van der Waals surface area contributed by atoms with Crippen molar-refractivity contribution in [1.29, 1.82) is 0 Å². The minimum atomic E-state index is -0.198. The van der Waals surface area contributed by atoms with Gasteiger partial charge in [0.25, 0.3) is 5.91 Å². The summed E-state index contributed by atoms with van der Waals surface area (Å²) in [6.45, 7) is 2.20. The summed E-state index contributed by atoms with van der Waals surface area (Å²) < 4.78 is 0. The predicted molar refractivity (Wildman–Crippen MR) is 66.9 cm³/mol. The number of aryl methyl sites for hydroxylation is 1. The lowest BCUT2D eigenvalue weighted by Gasteiger charge is -2.02. The number of nitrogens with two attached hydrogens (primary N) is 1. The van der Waals surface area contributed by atoms with Crippen molar-refractivity contribution >= 4 is 22.4 Å². The molecule has 0 bridgehead atoms. The van der Waals surface area contributed by atoms with Crippen molar-refractivity contribution in [3.8, 4) is 0 Å². The minimum absolute atomic E-state index is 0.198. The van der Waals surface area contributed by atoms with Gasteiger partial charge in [-0.25, -0.2) is 4.98 Å². The molecule has 5 nitrogen and oxygen atoms in total. The molecule has 0 saturated heterocycles. The van der Waals surface area contributed by atoms with Crippen LogP contribution < -0.4 is 11.1 Å². The second-order valence-corrected chi connectivity index (χ2v) is 4.35. The maximum Gasteiger partial charge on any atom is 0.257 e. The average Bonchev–Trinajstić information content (AvgIpc) is 2.75. The SMILES string of the molecule is Cc1csc(NC(=O)c2ccnc(CN)c2)n1. The van der Waals surface area contributed by atoms with Gasteiger partial charge in [0.2, 0.25) is 0 Å². The van der Waals surface area contributed by atoms with E-state index in [-0.39, 0.29) is 5.91 Å². The van der Waals surface area contributed by atoms with Gasteiger partial charge in [-0.2, -0.15) is 0 Å². The van der Waals surface area contributed by atoms with E-state index in [1.165, 1.54) is 11.3 Å². The third-order valence-electron chi connectivity index (χ3n) is 2.13. The molecule has 2 rings (SSSR count). The van der Waals surface area contributed by atoms with Crippen LogP contribution in [0.1, 0.15) is 21.7 Å². The highest BCUT2D eigenvalue weighted by Gasteiger charge is 2.08. The van der Waals surface area contributed by atoms with Gasteiger partial charge in [0.1, 0.15) is 0 Å². The molecular formula is C11H12N4OS. The van der Waals surface area contributed by atoms with Crippen LogP contribution in [0.15, 0.2) is 23.7 Å². The Balaban J connectivity index is 2.14. The number of thiazole rings is 1. The molecule has 0 fully saturated rings. The van der Waals surface area contributed by atoms with Crippen molar-refractivity contribution in [2.45, 2.75) is 13.5 Å². The Kier molecular flexibility index (Phi) is 3.46. The lowest BCUT2D eigenvalue weighted by molar-refractivity contribution is 0.102. The number of hydrogen-bond acceptors (Lipinski definition) is 5. The molecule has 0 unspecified atom stereocenters. The summed E-state index contributed by atoms with van der Waals surface area (Å²) in [5.41, 5.74) is 7.59. The molecule has 0 atom stereocenters. The topological polar surface area (TPSA) is 80.9 Å². The number of hydrogen-bond donors (Lipinski definition) is 2. The van der Waals surface area contributed by atoms with Crippen LogP contribution in [0.2, 0.25) is 0 Å². The van der Waals surface area contributed by atoms with E-state index in [1.54, 1.807) is 18.3 Å². The van der Waals surface area contributed by atoms with E-state index in [4.69, 9.17) is 5.73 Å². The Morgan fingerprint density at radius 3 is 3.06 bits per heavy atom. The van der Waals surface area contributed by atoms with Crippen molar-refractivity contribution in [1.82, 2.24) is 9.97 Å². The van der Waals surface area contributed by atoms with Crippen molar-refractivity contribution in [3.63, 3.8) is 0 Å². The number of nitrogens with one attached hydrogen (secondary N) is 1. The Hall–Kier alpha value is -1.79. The summed E-state index contributed by atoms with van der Waals surface area (Å²) >= 11 is 1.40. The van der Waals surface area contributed by atoms with E-state index in [9.17, 15) is 4.79 Å². The monoisotopic (exact) mass is 248 g/mol. The van der Waals surface area contributed by atoms with Gasteiger partial charge in [0.15, 0.2) is 5.13 Å². The lowest BCUT2D eigenvalue weighted by Crippen LogP contribution is -2.13. The maximum atomic E-state index is 11.9. The Bertz CT molecular complexity index is 538. The summed E-state index contributed by atoms with van der Waals surface area (Å²) in [6.07, 6.45) is 1.57. The third kappa shape index (κ3) is 2.86. The molecule has 0 aliphatic rings. The molecule has 2 aromatic rings. The fraction of sp³-hybridized carbons (Fsp3) is 0.182. The molecule has 0 radical (unpaired) electrons. The fourth-order valence-corrected chi connectivity index (χ4v) is 1.99. The zero-order valence-corrected chi connectivity index (χ0v) is 10.1. The lowest BCUT2D eigenvalue weighted by atomic mass is 10.2. The number of carbonyl (C=O) groups excluding carboxylic acids is 1. The molecular weight excluding hydrogens is 236 g/mol. The zero-order chi connectivity index (χ0) is 12.3. The number of nitrogens with zero attached hydrogens (tertiary/aromatic N) is 2. The van der Waals surface area contributed by atoms with Crippen LogP contribution in [0, 0.1) is 6.92 Å². The number of rotatable bonds is 3. The van der Waals surface area contributed by atoms with Crippen LogP contribution in [0.5, 0.6) is 0 Å². The van der Waals surface area contributed by atoms with Gasteiger partial charge < -0.3 is 5.73 Å². The molecule has 0 saturated carbocycles. The first-order chi connectivity index (χ1) is 8.19. The predicted octanol–water partition coefficient (Wildman–Crippen LogP) is 1.56. The summed E-state index contributed by atoms with van der Waals surface area (Å²) in [4.78, 5) is 20.1. The highest BCUT2D eigenvalue weighted by molar-refractivity contribution is 7.13. The Morgan fingerprint density at radius 2 is 2.41 bits per heavy atom. The molecule has 2 heterocycles. The highest BCUT2D eigenvalue weighted by Crippen LogP contribution is 2.15. The fourth-order valence-electron chi connectivity index (χ4n) is 1.31. The minimum Gasteiger partial charge on any atom is -0.325 e. The smallest absolute Gasteiger partial charge is 0.257 e. The molecule has 0 aliphatic carbocycles. The molecule has 2 aromatic heterocycles. The second-order valence-electron chi connectivity index (χ2n) is 3.49. The first-order valence-electron chi connectivity index (χ1n) is 5.07. The number of amides is 1. The van der Waals surface area contributed by atoms with E-state index in [2.05, 4.69) is 15.3 Å². The van der Waals surface area contributed by atoms with Crippen molar-refractivity contribution in [2.75, 3.05) is 5.32 Å². The van der Waals surface area contributed by atoms with Gasteiger partial charge in [-0.05, 0) is 19.1 Å². The van der Waals surface area contributed by atoms with Crippen molar-refractivity contribution in [2.24, 2.45) is 5.73 Å². The van der Waals surface area contributed by atoms with Crippen LogP contribution >= 0.6 is 11.3 Å². The van der Waals surface area contributed by atoms with E-state index >= 15 is 0 Å². The molecule has 1 amide bonds. The first kappa shape index (κ1) is 11.7. The molecule has 3 N–H and O–H groups in total. The summed E-state index contributed by atoms with van der Waals surface area (Å²) in [6, 6.07) is 3.32. The molecule has 0 aliphatic heterocycles. The van der Waals surface area contributed by atoms with Gasteiger partial charge in [0, 0.05) is 23.7 Å². The van der Waals surface area contributed by atoms with Crippen molar-refractivity contribution < 1.29 is 4.79 Å². The van der Waals surface area contributed by atoms with Gasteiger partial charge in [-0.15, -0.1) is 11.3 Å². The number of carbonyl (C=O) groups is 1. The molecule has 6 heteroatoms. The largest absolute Gasteiger partial charge is 0.325 e. The van der Waals surface area contributed by atoms with Crippen molar-refractivity contribution in [3.05, 3.63) is 40.7 Å². The van der Waals surface area contributed by atoms with Gasteiger partial charge in [0.05, 0.1) is 11.4 Å². The van der Waals surface area contributed by atoms with E-state index in [0.717, 1.165) is 5.69 Å². The summed E-state index contributed by atoms with van der Waals surface area (Å²) in [5, 5.41) is 5.21. The van der Waals surface area contributed by atoms with E-state index in [1.807, 2.05) is 12.3 Å². The standard InChI is InChI=1S/C11H12N4OS/c1-7-6-17-11(14-7)15-10(16)8-2-3-13-9(4-8)5-12/h2-4,6H,5,12H2,1H3,(H,14,15,16). The quantitative estimate of drug-likeness (QED) is 0.863. The summed E-state index contributed by atoms with van der Waals surface area (Å²) in [7, 11) is 0. The van der Waals surface area contributed by atoms with Gasteiger partial charge >= 0.3 is 0 Å². The van der Waals surface area contributed by atoms with Crippen LogP contribution in [-0.2, 0) is 6.54 Å². The van der Waals surface area contributed by atoms with Crippen LogP contribution in [-0.4, -0.2) is 15.9 Å². The Labute approximate surface area is 103 Å². The van der Waals surface area contributed by atoms with Crippen LogP contribution in [0.3, 0.4) is 0 Å². The van der Waals surface area contributed by atoms with Gasteiger partial charge in [-0.3, -0.25) is 15.1 Å². The third-order valence-corrected chi connectivity index (χ3v) is 3.00. The van der Waals surface area contributed by atoms with Crippen LogP contribution in [0.25, 0.3) is 0 Å². The normalized spacial score (nSPS) is 10.2. The number of anilines is 1. The molecule has 0 aromatic carbocycles. The van der Waals surface area contributed by atoms with Crippen LogP contribution in [0.4, 0.5) is 5.13 Å². The number of aromatic nitrogens is 2. The number of pyridine rings is 1. The van der Waals surface area contributed by atoms with E-state index < -0.39 is 0 Å². The molecule has 17 heavy (non-hydrogen) atoms. The van der Waals surface area contributed by atoms with Gasteiger partial charge in [-0.1, -0.05) is 0 Å². The Morgan fingerprint density at radius 1 is 1.59 bits per heavy atom. The second kappa shape index (κ2) is 5.03. The maximum absolute atomic E-state index is 11.9.